The van der Waals surface area contributed by atoms with Gasteiger partial charge in [0.05, 0.1) is 11.8 Å². The number of nitrogens with one attached hydrogen (secondary N) is 3. The number of amides is 3. The normalized spacial score (nSPS) is 10.0. The zero-order chi connectivity index (χ0) is 18.4. The molecule has 0 radical (unpaired) electrons. The van der Waals surface area contributed by atoms with E-state index >= 15 is 0 Å². The second-order valence-electron chi connectivity index (χ2n) is 5.24. The Bertz CT molecular complexity index is 908. The molecule has 3 aromatic rings. The summed E-state index contributed by atoms with van der Waals surface area (Å²) in [5.74, 6) is 1.17. The van der Waals surface area contributed by atoms with E-state index < -0.39 is 11.9 Å². The first-order valence-corrected chi connectivity index (χ1v) is 7.71. The minimum atomic E-state index is -0.597. The summed E-state index contributed by atoms with van der Waals surface area (Å²) in [6.45, 7) is 1.66. The molecule has 0 aliphatic rings. The Kier molecular flexibility index (Phi) is 5.14. The number of hydrogen-bond acceptors (Lipinski definition) is 5. The predicted octanol–water partition coefficient (Wildman–Crippen LogP) is 3.24. The number of furan rings is 1. The Morgan fingerprint density at radius 2 is 1.85 bits per heavy atom. The van der Waals surface area contributed by atoms with Gasteiger partial charge >= 0.3 is 6.03 Å². The highest BCUT2D eigenvalue weighted by atomic mass is 16.5. The number of nitrogens with zero attached hydrogens (tertiary/aromatic N) is 1. The second kappa shape index (κ2) is 7.84. The summed E-state index contributed by atoms with van der Waals surface area (Å²) in [4.78, 5) is 27.8. The summed E-state index contributed by atoms with van der Waals surface area (Å²) in [6, 6.07) is 11.2. The summed E-state index contributed by atoms with van der Waals surface area (Å²) < 4.78 is 10.7. The number of urea groups is 1. The van der Waals surface area contributed by atoms with Crippen molar-refractivity contribution >= 4 is 17.6 Å². The predicted molar refractivity (Wildman–Crippen MR) is 93.8 cm³/mol. The van der Waals surface area contributed by atoms with Crippen LogP contribution in [0.1, 0.15) is 16.1 Å². The average Bonchev–Trinajstić information content (AvgIpc) is 3.07. The van der Waals surface area contributed by atoms with Crippen LogP contribution in [-0.2, 0) is 0 Å². The van der Waals surface area contributed by atoms with E-state index in [1.807, 2.05) is 0 Å². The van der Waals surface area contributed by atoms with Crippen molar-refractivity contribution < 1.29 is 18.7 Å². The van der Waals surface area contributed by atoms with Crippen molar-refractivity contribution in [3.63, 3.8) is 0 Å². The number of carbonyl (C=O) groups is 2. The van der Waals surface area contributed by atoms with Crippen LogP contribution in [0.15, 0.2) is 65.5 Å². The molecule has 0 aliphatic heterocycles. The molecule has 3 amide bonds. The zero-order valence-electron chi connectivity index (χ0n) is 13.9. The van der Waals surface area contributed by atoms with Crippen molar-refractivity contribution in [2.45, 2.75) is 6.92 Å². The number of hydrazine groups is 1. The summed E-state index contributed by atoms with van der Waals surface area (Å²) in [6.07, 6.45) is 4.64. The monoisotopic (exact) mass is 352 g/mol. The van der Waals surface area contributed by atoms with Gasteiger partial charge < -0.3 is 14.5 Å². The molecule has 0 saturated carbocycles. The molecule has 2 aromatic heterocycles. The number of pyridine rings is 1. The van der Waals surface area contributed by atoms with E-state index in [1.54, 1.807) is 55.7 Å². The Morgan fingerprint density at radius 3 is 2.58 bits per heavy atom. The Labute approximate surface area is 149 Å². The molecule has 132 valence electrons. The Hall–Kier alpha value is -3.81. The number of hydrogen-bond donors (Lipinski definition) is 3. The maximum atomic E-state index is 11.9. The van der Waals surface area contributed by atoms with E-state index in [9.17, 15) is 9.59 Å². The minimum Gasteiger partial charge on any atom is -0.469 e. The van der Waals surface area contributed by atoms with Gasteiger partial charge in [0.15, 0.2) is 0 Å². The molecule has 0 atom stereocenters. The van der Waals surface area contributed by atoms with Crippen LogP contribution in [0, 0.1) is 6.92 Å². The molecule has 3 rings (SSSR count). The fraction of sp³-hybridized carbons (Fsp3) is 0.0556. The smallest absolute Gasteiger partial charge is 0.337 e. The van der Waals surface area contributed by atoms with Gasteiger partial charge in [-0.3, -0.25) is 15.2 Å². The average molecular weight is 352 g/mol. The van der Waals surface area contributed by atoms with Crippen LogP contribution < -0.4 is 20.9 Å². The van der Waals surface area contributed by atoms with Gasteiger partial charge in [0.25, 0.3) is 5.91 Å². The van der Waals surface area contributed by atoms with Gasteiger partial charge in [-0.25, -0.2) is 10.2 Å². The molecule has 0 bridgehead atoms. The van der Waals surface area contributed by atoms with Crippen molar-refractivity contribution in [3.8, 4) is 11.5 Å². The van der Waals surface area contributed by atoms with Crippen LogP contribution in [0.5, 0.6) is 11.5 Å². The van der Waals surface area contributed by atoms with Crippen molar-refractivity contribution in [1.29, 1.82) is 0 Å². The molecule has 0 unspecified atom stereocenters. The topological polar surface area (TPSA) is 105 Å². The van der Waals surface area contributed by atoms with Crippen molar-refractivity contribution in [2.75, 3.05) is 5.32 Å². The van der Waals surface area contributed by atoms with Crippen LogP contribution in [0.3, 0.4) is 0 Å². The molecular formula is C18H16N4O4. The first kappa shape index (κ1) is 17.0. The van der Waals surface area contributed by atoms with Crippen molar-refractivity contribution in [1.82, 2.24) is 15.8 Å². The molecular weight excluding hydrogens is 336 g/mol. The summed E-state index contributed by atoms with van der Waals surface area (Å²) in [5.41, 5.74) is 5.42. The lowest BCUT2D eigenvalue weighted by atomic mass is 10.2. The van der Waals surface area contributed by atoms with Gasteiger partial charge in [-0.05, 0) is 37.3 Å². The first-order valence-electron chi connectivity index (χ1n) is 7.71. The van der Waals surface area contributed by atoms with E-state index in [-0.39, 0.29) is 0 Å². The van der Waals surface area contributed by atoms with E-state index in [4.69, 9.17) is 9.15 Å². The highest BCUT2D eigenvalue weighted by Crippen LogP contribution is 2.23. The number of rotatable bonds is 4. The van der Waals surface area contributed by atoms with E-state index in [0.717, 1.165) is 0 Å². The SMILES string of the molecule is Cc1occc1C(=O)NNC(=O)Nc1cccc(Oc2ccncc2)c1. The highest BCUT2D eigenvalue weighted by molar-refractivity contribution is 5.97. The molecule has 2 heterocycles. The number of aryl methyl sites for hydroxylation is 1. The summed E-state index contributed by atoms with van der Waals surface area (Å²) >= 11 is 0. The van der Waals surface area contributed by atoms with Gasteiger partial charge in [-0.2, -0.15) is 0 Å². The zero-order valence-corrected chi connectivity index (χ0v) is 13.9. The lowest BCUT2D eigenvalue weighted by molar-refractivity contribution is 0.0936. The number of anilines is 1. The molecule has 26 heavy (non-hydrogen) atoms. The molecule has 0 saturated heterocycles. The summed E-state index contributed by atoms with van der Waals surface area (Å²) in [7, 11) is 0. The standard InChI is InChI=1S/C18H16N4O4/c1-12-16(7-10-25-12)17(23)21-22-18(24)20-13-3-2-4-15(11-13)26-14-5-8-19-9-6-14/h2-11H,1H3,(H,21,23)(H2,20,22,24). The minimum absolute atomic E-state index is 0.345. The fourth-order valence-electron chi connectivity index (χ4n) is 2.14. The number of ether oxygens (including phenoxy) is 1. The number of carbonyl (C=O) groups excluding carboxylic acids is 2. The van der Waals surface area contributed by atoms with Crippen LogP contribution in [0.25, 0.3) is 0 Å². The van der Waals surface area contributed by atoms with Crippen LogP contribution >= 0.6 is 0 Å². The highest BCUT2D eigenvalue weighted by Gasteiger charge is 2.12. The third kappa shape index (κ3) is 4.38. The summed E-state index contributed by atoms with van der Waals surface area (Å²) in [5, 5.41) is 2.60. The molecule has 8 heteroatoms. The van der Waals surface area contributed by atoms with Crippen molar-refractivity contribution in [2.24, 2.45) is 0 Å². The lowest BCUT2D eigenvalue weighted by Crippen LogP contribution is -2.43. The van der Waals surface area contributed by atoms with E-state index in [1.165, 1.54) is 12.3 Å². The van der Waals surface area contributed by atoms with Gasteiger partial charge in [-0.15, -0.1) is 0 Å². The van der Waals surface area contributed by atoms with Crippen LogP contribution in [0.2, 0.25) is 0 Å². The molecule has 0 spiro atoms. The van der Waals surface area contributed by atoms with E-state index in [0.29, 0.717) is 28.5 Å². The van der Waals surface area contributed by atoms with Crippen LogP contribution in [-0.4, -0.2) is 16.9 Å². The third-order valence-corrected chi connectivity index (χ3v) is 3.37. The Balaban J connectivity index is 1.55. The van der Waals surface area contributed by atoms with Gasteiger partial charge in [0, 0.05) is 24.1 Å². The molecule has 3 N–H and O–H groups in total. The van der Waals surface area contributed by atoms with Gasteiger partial charge in [-0.1, -0.05) is 6.07 Å². The van der Waals surface area contributed by atoms with E-state index in [2.05, 4.69) is 21.2 Å². The maximum Gasteiger partial charge on any atom is 0.337 e. The lowest BCUT2D eigenvalue weighted by Gasteiger charge is -2.10. The van der Waals surface area contributed by atoms with Crippen molar-refractivity contribution in [3.05, 3.63) is 72.4 Å². The largest absolute Gasteiger partial charge is 0.469 e. The fourth-order valence-corrected chi connectivity index (χ4v) is 2.14. The Morgan fingerprint density at radius 1 is 1.04 bits per heavy atom. The molecule has 8 nitrogen and oxygen atoms in total. The third-order valence-electron chi connectivity index (χ3n) is 3.37. The first-order chi connectivity index (χ1) is 12.6. The van der Waals surface area contributed by atoms with Gasteiger partial charge in [0.2, 0.25) is 0 Å². The second-order valence-corrected chi connectivity index (χ2v) is 5.24. The van der Waals surface area contributed by atoms with Gasteiger partial charge in [0.1, 0.15) is 17.3 Å². The van der Waals surface area contributed by atoms with Crippen LogP contribution in [0.4, 0.5) is 10.5 Å². The molecule has 0 fully saturated rings. The number of aromatic nitrogens is 1. The molecule has 1 aromatic carbocycles. The molecule has 0 aliphatic carbocycles. The quantitative estimate of drug-likeness (QED) is 0.625. The maximum absolute atomic E-state index is 11.9. The number of benzene rings is 1.